The van der Waals surface area contributed by atoms with Crippen LogP contribution < -0.4 is 0 Å². The first-order chi connectivity index (χ1) is 8.52. The van der Waals surface area contributed by atoms with Gasteiger partial charge in [0.1, 0.15) is 5.75 Å². The summed E-state index contributed by atoms with van der Waals surface area (Å²) in [5.41, 5.74) is 2.49. The van der Waals surface area contributed by atoms with Crippen LogP contribution in [-0.4, -0.2) is 23.1 Å². The van der Waals surface area contributed by atoms with Crippen molar-refractivity contribution >= 4 is 0 Å². The summed E-state index contributed by atoms with van der Waals surface area (Å²) in [5.74, 6) is 1.13. The Hall–Kier alpha value is -1.02. The SMILES string of the molecule is CC(C)C(C)N(C)C1CCCc2c(O)cccc21. The molecule has 0 amide bonds. The number of aromatic hydroxyl groups is 1. The van der Waals surface area contributed by atoms with Crippen molar-refractivity contribution < 1.29 is 5.11 Å². The Labute approximate surface area is 111 Å². The zero-order valence-corrected chi connectivity index (χ0v) is 12.0. The molecule has 2 nitrogen and oxygen atoms in total. The van der Waals surface area contributed by atoms with Crippen LogP contribution in [0.5, 0.6) is 5.75 Å². The number of hydrogen-bond donors (Lipinski definition) is 1. The van der Waals surface area contributed by atoms with Gasteiger partial charge in [-0.15, -0.1) is 0 Å². The second kappa shape index (κ2) is 5.31. The molecule has 0 aliphatic heterocycles. The molecule has 0 radical (unpaired) electrons. The Balaban J connectivity index is 2.30. The molecule has 2 atom stereocenters. The van der Waals surface area contributed by atoms with Crippen molar-refractivity contribution in [3.05, 3.63) is 29.3 Å². The summed E-state index contributed by atoms with van der Waals surface area (Å²) < 4.78 is 0. The first-order valence-corrected chi connectivity index (χ1v) is 7.05. The smallest absolute Gasteiger partial charge is 0.119 e. The van der Waals surface area contributed by atoms with E-state index in [1.807, 2.05) is 12.1 Å². The minimum absolute atomic E-state index is 0.457. The van der Waals surface area contributed by atoms with Crippen molar-refractivity contribution in [2.45, 2.75) is 52.1 Å². The summed E-state index contributed by atoms with van der Waals surface area (Å²) >= 11 is 0. The van der Waals surface area contributed by atoms with E-state index in [1.54, 1.807) is 0 Å². The molecular formula is C16H25NO. The van der Waals surface area contributed by atoms with Gasteiger partial charge < -0.3 is 5.11 Å². The molecule has 0 saturated heterocycles. The standard InChI is InChI=1S/C16H25NO/c1-11(2)12(3)17(4)15-9-5-8-14-13(15)7-6-10-16(14)18/h6-7,10-12,15,18H,5,8-9H2,1-4H3. The molecule has 0 fully saturated rings. The van der Waals surface area contributed by atoms with Crippen molar-refractivity contribution in [1.29, 1.82) is 0 Å². The number of nitrogens with zero attached hydrogens (tertiary/aromatic N) is 1. The van der Waals surface area contributed by atoms with Crippen LogP contribution in [0.25, 0.3) is 0 Å². The van der Waals surface area contributed by atoms with E-state index in [0.29, 0.717) is 23.8 Å². The van der Waals surface area contributed by atoms with Crippen molar-refractivity contribution in [2.75, 3.05) is 7.05 Å². The second-order valence-electron chi connectivity index (χ2n) is 5.90. The molecule has 0 heterocycles. The number of phenols is 1. The predicted molar refractivity (Wildman–Crippen MR) is 75.8 cm³/mol. The largest absolute Gasteiger partial charge is 0.508 e. The van der Waals surface area contributed by atoms with Crippen molar-refractivity contribution in [2.24, 2.45) is 5.92 Å². The van der Waals surface area contributed by atoms with Gasteiger partial charge in [-0.2, -0.15) is 0 Å². The first kappa shape index (κ1) is 13.4. The van der Waals surface area contributed by atoms with Gasteiger partial charge >= 0.3 is 0 Å². The fourth-order valence-electron chi connectivity index (χ4n) is 2.98. The summed E-state index contributed by atoms with van der Waals surface area (Å²) in [5, 5.41) is 9.99. The first-order valence-electron chi connectivity index (χ1n) is 7.05. The zero-order valence-electron chi connectivity index (χ0n) is 12.0. The van der Waals surface area contributed by atoms with Crippen LogP contribution in [0.2, 0.25) is 0 Å². The molecule has 0 bridgehead atoms. The van der Waals surface area contributed by atoms with Crippen LogP contribution in [-0.2, 0) is 6.42 Å². The molecule has 2 heteroatoms. The molecule has 1 aromatic carbocycles. The van der Waals surface area contributed by atoms with Crippen LogP contribution in [0.3, 0.4) is 0 Å². The quantitative estimate of drug-likeness (QED) is 0.879. The van der Waals surface area contributed by atoms with Crippen molar-refractivity contribution in [3.8, 4) is 5.75 Å². The van der Waals surface area contributed by atoms with Gasteiger partial charge in [0.25, 0.3) is 0 Å². The lowest BCUT2D eigenvalue weighted by Gasteiger charge is -2.38. The molecule has 0 spiro atoms. The third-order valence-electron chi connectivity index (χ3n) is 4.55. The molecule has 100 valence electrons. The molecular weight excluding hydrogens is 222 g/mol. The minimum Gasteiger partial charge on any atom is -0.508 e. The molecule has 0 aromatic heterocycles. The number of fused-ring (bicyclic) bond motifs is 1. The number of phenolic OH excluding ortho intramolecular Hbond substituents is 1. The van der Waals surface area contributed by atoms with Gasteiger partial charge in [-0.1, -0.05) is 26.0 Å². The summed E-state index contributed by atoms with van der Waals surface area (Å²) in [6.07, 6.45) is 3.39. The highest BCUT2D eigenvalue weighted by molar-refractivity contribution is 5.42. The fraction of sp³-hybridized carbons (Fsp3) is 0.625. The molecule has 2 unspecified atom stereocenters. The highest BCUT2D eigenvalue weighted by Gasteiger charge is 2.28. The highest BCUT2D eigenvalue weighted by Crippen LogP contribution is 2.38. The maximum absolute atomic E-state index is 9.99. The van der Waals surface area contributed by atoms with E-state index in [0.717, 1.165) is 12.0 Å². The topological polar surface area (TPSA) is 23.5 Å². The number of hydrogen-bond acceptors (Lipinski definition) is 2. The molecule has 1 aliphatic rings. The van der Waals surface area contributed by atoms with E-state index in [-0.39, 0.29) is 0 Å². The van der Waals surface area contributed by atoms with Crippen LogP contribution in [0, 0.1) is 5.92 Å². The van der Waals surface area contributed by atoms with Gasteiger partial charge in [-0.25, -0.2) is 0 Å². The van der Waals surface area contributed by atoms with E-state index >= 15 is 0 Å². The normalized spacial score (nSPS) is 21.1. The van der Waals surface area contributed by atoms with Gasteiger partial charge in [-0.3, -0.25) is 4.90 Å². The molecule has 1 aliphatic carbocycles. The maximum atomic E-state index is 9.99. The van der Waals surface area contributed by atoms with E-state index in [2.05, 4.69) is 38.8 Å². The highest BCUT2D eigenvalue weighted by atomic mass is 16.3. The molecule has 1 aromatic rings. The van der Waals surface area contributed by atoms with E-state index < -0.39 is 0 Å². The third kappa shape index (κ3) is 2.39. The van der Waals surface area contributed by atoms with Crippen LogP contribution in [0.15, 0.2) is 18.2 Å². The van der Waals surface area contributed by atoms with Gasteiger partial charge in [-0.05, 0) is 56.3 Å². The zero-order chi connectivity index (χ0) is 13.3. The predicted octanol–water partition coefficient (Wildman–Crippen LogP) is 3.75. The second-order valence-corrected chi connectivity index (χ2v) is 5.90. The summed E-state index contributed by atoms with van der Waals surface area (Å²) in [6, 6.07) is 6.98. The van der Waals surface area contributed by atoms with Gasteiger partial charge in [0.2, 0.25) is 0 Å². The Morgan fingerprint density at radius 1 is 1.28 bits per heavy atom. The number of benzene rings is 1. The Morgan fingerprint density at radius 2 is 2.00 bits per heavy atom. The minimum atomic E-state index is 0.457. The van der Waals surface area contributed by atoms with Crippen LogP contribution in [0.4, 0.5) is 0 Å². The average molecular weight is 247 g/mol. The van der Waals surface area contributed by atoms with Gasteiger partial charge in [0, 0.05) is 12.1 Å². The maximum Gasteiger partial charge on any atom is 0.119 e. The summed E-state index contributed by atoms with van der Waals surface area (Å²) in [6.45, 7) is 6.84. The Kier molecular flexibility index (Phi) is 3.96. The van der Waals surface area contributed by atoms with Gasteiger partial charge in [0.05, 0.1) is 0 Å². The lowest BCUT2D eigenvalue weighted by molar-refractivity contribution is 0.134. The third-order valence-corrected chi connectivity index (χ3v) is 4.55. The fourth-order valence-corrected chi connectivity index (χ4v) is 2.98. The van der Waals surface area contributed by atoms with E-state index in [1.165, 1.54) is 18.4 Å². The van der Waals surface area contributed by atoms with E-state index in [4.69, 9.17) is 0 Å². The Morgan fingerprint density at radius 3 is 2.67 bits per heavy atom. The van der Waals surface area contributed by atoms with Crippen molar-refractivity contribution in [1.82, 2.24) is 4.90 Å². The van der Waals surface area contributed by atoms with E-state index in [9.17, 15) is 5.11 Å². The summed E-state index contributed by atoms with van der Waals surface area (Å²) in [4.78, 5) is 2.47. The molecule has 2 rings (SSSR count). The van der Waals surface area contributed by atoms with Gasteiger partial charge in [0.15, 0.2) is 0 Å². The monoisotopic (exact) mass is 247 g/mol. The number of rotatable bonds is 3. The van der Waals surface area contributed by atoms with Crippen LogP contribution in [0.1, 0.15) is 50.8 Å². The molecule has 0 saturated carbocycles. The summed E-state index contributed by atoms with van der Waals surface area (Å²) in [7, 11) is 2.22. The Bertz CT molecular complexity index is 414. The lowest BCUT2D eigenvalue weighted by Crippen LogP contribution is -2.37. The average Bonchev–Trinajstić information content (AvgIpc) is 2.37. The lowest BCUT2D eigenvalue weighted by atomic mass is 9.85. The van der Waals surface area contributed by atoms with Crippen molar-refractivity contribution in [3.63, 3.8) is 0 Å². The van der Waals surface area contributed by atoms with Crippen LogP contribution >= 0.6 is 0 Å². The molecule has 18 heavy (non-hydrogen) atoms. The molecule has 1 N–H and O–H groups in total.